The number of rotatable bonds is 7. The summed E-state index contributed by atoms with van der Waals surface area (Å²) < 4.78 is 7.16. The number of fused-ring (bicyclic) bond motifs is 1. The Balaban J connectivity index is 1.90. The topological polar surface area (TPSA) is 60.3 Å². The van der Waals surface area contributed by atoms with Gasteiger partial charge < -0.3 is 14.6 Å². The molecule has 21 heavy (non-hydrogen) atoms. The summed E-state index contributed by atoms with van der Waals surface area (Å²) in [7, 11) is 1.43. The Labute approximate surface area is 125 Å². The van der Waals surface area contributed by atoms with E-state index in [-0.39, 0.29) is 11.9 Å². The van der Waals surface area contributed by atoms with E-state index in [9.17, 15) is 9.59 Å². The summed E-state index contributed by atoms with van der Waals surface area (Å²) in [5.74, 6) is -0.211. The zero-order valence-corrected chi connectivity index (χ0v) is 12.9. The van der Waals surface area contributed by atoms with Crippen molar-refractivity contribution in [2.24, 2.45) is 0 Å². The number of hydrogen-bond acceptors (Lipinski definition) is 3. The number of esters is 1. The van der Waals surface area contributed by atoms with E-state index in [0.29, 0.717) is 0 Å². The zero-order valence-electron chi connectivity index (χ0n) is 12.9. The van der Waals surface area contributed by atoms with Gasteiger partial charge in [-0.1, -0.05) is 6.42 Å². The molecule has 0 fully saturated rings. The van der Waals surface area contributed by atoms with E-state index in [2.05, 4.69) is 9.88 Å². The summed E-state index contributed by atoms with van der Waals surface area (Å²) in [6.07, 6.45) is 6.14. The molecule has 0 saturated heterocycles. The standard InChI is InChI=1S/C16H24N2O3/c1-12(19)17-9-5-3-4-8-15-14(16(20)21-2)11-13-7-6-10-18(13)15/h11H,3-10H2,1-2H3,(H,17,19). The van der Waals surface area contributed by atoms with Gasteiger partial charge in [-0.2, -0.15) is 0 Å². The van der Waals surface area contributed by atoms with E-state index in [1.807, 2.05) is 6.07 Å². The normalized spacial score (nSPS) is 13.0. The van der Waals surface area contributed by atoms with Gasteiger partial charge in [-0.3, -0.25) is 4.79 Å². The van der Waals surface area contributed by atoms with Crippen LogP contribution in [-0.2, 0) is 28.9 Å². The number of methoxy groups -OCH3 is 1. The largest absolute Gasteiger partial charge is 0.465 e. The first-order valence-electron chi connectivity index (χ1n) is 7.67. The molecule has 2 heterocycles. The van der Waals surface area contributed by atoms with Crippen LogP contribution in [0.2, 0.25) is 0 Å². The van der Waals surface area contributed by atoms with Gasteiger partial charge in [-0.25, -0.2) is 4.79 Å². The molecule has 2 rings (SSSR count). The lowest BCUT2D eigenvalue weighted by atomic mass is 10.1. The Morgan fingerprint density at radius 1 is 1.33 bits per heavy atom. The number of ether oxygens (including phenoxy) is 1. The van der Waals surface area contributed by atoms with Crippen LogP contribution in [0.3, 0.4) is 0 Å². The van der Waals surface area contributed by atoms with Gasteiger partial charge in [0.05, 0.1) is 12.7 Å². The number of nitrogens with one attached hydrogen (secondary N) is 1. The van der Waals surface area contributed by atoms with Gasteiger partial charge >= 0.3 is 5.97 Å². The maximum atomic E-state index is 11.9. The third-order valence-corrected chi connectivity index (χ3v) is 3.98. The fourth-order valence-electron chi connectivity index (χ4n) is 2.97. The van der Waals surface area contributed by atoms with Gasteiger partial charge in [0, 0.05) is 31.4 Å². The molecule has 5 nitrogen and oxygen atoms in total. The number of nitrogens with zero attached hydrogens (tertiary/aromatic N) is 1. The molecule has 0 radical (unpaired) electrons. The number of carbonyl (C=O) groups is 2. The summed E-state index contributed by atoms with van der Waals surface area (Å²) in [5, 5.41) is 2.80. The lowest BCUT2D eigenvalue weighted by Gasteiger charge is -2.09. The summed E-state index contributed by atoms with van der Waals surface area (Å²) in [5.41, 5.74) is 3.10. The predicted molar refractivity (Wildman–Crippen MR) is 80.3 cm³/mol. The van der Waals surface area contributed by atoms with Crippen molar-refractivity contribution in [3.05, 3.63) is 23.0 Å². The van der Waals surface area contributed by atoms with Crippen LogP contribution < -0.4 is 5.32 Å². The predicted octanol–water partition coefficient (Wildman–Crippen LogP) is 2.07. The number of amides is 1. The Morgan fingerprint density at radius 3 is 2.86 bits per heavy atom. The molecule has 1 N–H and O–H groups in total. The number of aryl methyl sites for hydroxylation is 1. The smallest absolute Gasteiger partial charge is 0.339 e. The first-order valence-corrected chi connectivity index (χ1v) is 7.67. The fraction of sp³-hybridized carbons (Fsp3) is 0.625. The minimum absolute atomic E-state index is 0.0207. The third kappa shape index (κ3) is 3.86. The average Bonchev–Trinajstić information content (AvgIpc) is 3.03. The van der Waals surface area contributed by atoms with E-state index >= 15 is 0 Å². The molecule has 0 spiro atoms. The van der Waals surface area contributed by atoms with E-state index < -0.39 is 0 Å². The van der Waals surface area contributed by atoms with Crippen molar-refractivity contribution in [3.8, 4) is 0 Å². The molecule has 116 valence electrons. The highest BCUT2D eigenvalue weighted by Crippen LogP contribution is 2.25. The van der Waals surface area contributed by atoms with Crippen LogP contribution in [0.15, 0.2) is 6.07 Å². The lowest BCUT2D eigenvalue weighted by molar-refractivity contribution is -0.118. The van der Waals surface area contributed by atoms with Crippen LogP contribution in [0.5, 0.6) is 0 Å². The molecule has 1 aromatic heterocycles. The lowest BCUT2D eigenvalue weighted by Crippen LogP contribution is -2.20. The average molecular weight is 292 g/mol. The highest BCUT2D eigenvalue weighted by Gasteiger charge is 2.22. The molecule has 0 bridgehead atoms. The molecule has 0 aliphatic carbocycles. The van der Waals surface area contributed by atoms with Crippen molar-refractivity contribution in [2.75, 3.05) is 13.7 Å². The quantitative estimate of drug-likeness (QED) is 0.618. The molecule has 5 heteroatoms. The summed E-state index contributed by atoms with van der Waals surface area (Å²) >= 11 is 0. The Bertz CT molecular complexity index is 520. The summed E-state index contributed by atoms with van der Waals surface area (Å²) in [4.78, 5) is 22.6. The summed E-state index contributed by atoms with van der Waals surface area (Å²) in [6.45, 7) is 3.27. The van der Waals surface area contributed by atoms with E-state index in [0.717, 1.165) is 62.9 Å². The molecule has 0 aromatic carbocycles. The van der Waals surface area contributed by atoms with Gasteiger partial charge in [0.15, 0.2) is 0 Å². The number of carbonyl (C=O) groups excluding carboxylic acids is 2. The number of hydrogen-bond donors (Lipinski definition) is 1. The molecular weight excluding hydrogens is 268 g/mol. The Kier molecular flexibility index (Phi) is 5.42. The van der Waals surface area contributed by atoms with Crippen molar-refractivity contribution in [1.82, 2.24) is 9.88 Å². The SMILES string of the molecule is COC(=O)c1cc2n(c1CCCCCNC(C)=O)CCC2. The van der Waals surface area contributed by atoms with Gasteiger partial charge in [0.1, 0.15) is 0 Å². The third-order valence-electron chi connectivity index (χ3n) is 3.98. The molecule has 1 aromatic rings. The van der Waals surface area contributed by atoms with Crippen molar-refractivity contribution < 1.29 is 14.3 Å². The second kappa shape index (κ2) is 7.29. The first-order chi connectivity index (χ1) is 10.1. The molecular formula is C16H24N2O3. The minimum Gasteiger partial charge on any atom is -0.465 e. The second-order valence-corrected chi connectivity index (χ2v) is 5.54. The molecule has 1 aliphatic rings. The molecule has 1 amide bonds. The van der Waals surface area contributed by atoms with Crippen molar-refractivity contribution in [3.63, 3.8) is 0 Å². The molecule has 0 saturated carbocycles. The van der Waals surface area contributed by atoms with Crippen LogP contribution in [0.25, 0.3) is 0 Å². The van der Waals surface area contributed by atoms with Gasteiger partial charge in [0.2, 0.25) is 5.91 Å². The number of aromatic nitrogens is 1. The van der Waals surface area contributed by atoms with Crippen LogP contribution in [0.4, 0.5) is 0 Å². The monoisotopic (exact) mass is 292 g/mol. The van der Waals surface area contributed by atoms with Gasteiger partial charge in [-0.05, 0) is 38.2 Å². The van der Waals surface area contributed by atoms with Crippen molar-refractivity contribution in [2.45, 2.75) is 52.0 Å². The van der Waals surface area contributed by atoms with E-state index in [1.54, 1.807) is 0 Å². The number of unbranched alkanes of at least 4 members (excludes halogenated alkanes) is 2. The highest BCUT2D eigenvalue weighted by molar-refractivity contribution is 5.91. The van der Waals surface area contributed by atoms with Crippen LogP contribution in [0.1, 0.15) is 54.4 Å². The zero-order chi connectivity index (χ0) is 15.2. The van der Waals surface area contributed by atoms with Gasteiger partial charge in [-0.15, -0.1) is 0 Å². The van der Waals surface area contributed by atoms with Crippen LogP contribution in [0, 0.1) is 0 Å². The molecule has 0 unspecified atom stereocenters. The fourth-order valence-corrected chi connectivity index (χ4v) is 2.97. The van der Waals surface area contributed by atoms with E-state index in [1.165, 1.54) is 19.7 Å². The van der Waals surface area contributed by atoms with Crippen molar-refractivity contribution >= 4 is 11.9 Å². The molecule has 1 aliphatic heterocycles. The van der Waals surface area contributed by atoms with Crippen LogP contribution >= 0.6 is 0 Å². The summed E-state index contributed by atoms with van der Waals surface area (Å²) in [6, 6.07) is 1.99. The molecule has 0 atom stereocenters. The first kappa shape index (κ1) is 15.6. The maximum Gasteiger partial charge on any atom is 0.339 e. The Morgan fingerprint density at radius 2 is 2.14 bits per heavy atom. The van der Waals surface area contributed by atoms with Crippen LogP contribution in [-0.4, -0.2) is 30.1 Å². The Hall–Kier alpha value is -1.78. The highest BCUT2D eigenvalue weighted by atomic mass is 16.5. The second-order valence-electron chi connectivity index (χ2n) is 5.54. The maximum absolute atomic E-state index is 11.9. The van der Waals surface area contributed by atoms with Crippen molar-refractivity contribution in [1.29, 1.82) is 0 Å². The van der Waals surface area contributed by atoms with Gasteiger partial charge in [0.25, 0.3) is 0 Å². The van der Waals surface area contributed by atoms with E-state index in [4.69, 9.17) is 4.74 Å². The minimum atomic E-state index is -0.231.